The zero-order valence-corrected chi connectivity index (χ0v) is 16.6. The highest BCUT2D eigenvalue weighted by atomic mass is 79.9. The van der Waals surface area contributed by atoms with Gasteiger partial charge in [0.25, 0.3) is 0 Å². The van der Waals surface area contributed by atoms with Crippen LogP contribution >= 0.6 is 15.9 Å². The SMILES string of the molecule is CCC(CC)C(=O)Oc1ccc2c(=O)c(Oc3ccccc3Br)coc2c1. The van der Waals surface area contributed by atoms with Gasteiger partial charge in [0, 0.05) is 6.07 Å². The van der Waals surface area contributed by atoms with Crippen LogP contribution in [0.1, 0.15) is 26.7 Å². The second-order valence-electron chi connectivity index (χ2n) is 6.05. The zero-order valence-electron chi connectivity index (χ0n) is 15.0. The van der Waals surface area contributed by atoms with Crippen molar-refractivity contribution >= 4 is 32.9 Å². The summed E-state index contributed by atoms with van der Waals surface area (Å²) in [4.78, 5) is 24.8. The number of hydrogen-bond donors (Lipinski definition) is 0. The van der Waals surface area contributed by atoms with Crippen molar-refractivity contribution in [2.75, 3.05) is 0 Å². The quantitative estimate of drug-likeness (QED) is 0.371. The van der Waals surface area contributed by atoms with Crippen LogP contribution in [0.5, 0.6) is 17.2 Å². The molecule has 6 heteroatoms. The Bertz CT molecular complexity index is 1020. The van der Waals surface area contributed by atoms with Crippen LogP contribution in [0.25, 0.3) is 11.0 Å². The number of benzene rings is 2. The Morgan fingerprint density at radius 1 is 1.11 bits per heavy atom. The normalized spacial score (nSPS) is 11.0. The first kappa shape index (κ1) is 19.2. The number of ether oxygens (including phenoxy) is 2. The van der Waals surface area contributed by atoms with Crippen LogP contribution in [0.3, 0.4) is 0 Å². The van der Waals surface area contributed by atoms with E-state index < -0.39 is 0 Å². The summed E-state index contributed by atoms with van der Waals surface area (Å²) in [6, 6.07) is 11.9. The minimum Gasteiger partial charge on any atom is -0.460 e. The van der Waals surface area contributed by atoms with Crippen molar-refractivity contribution in [3.05, 3.63) is 63.4 Å². The maximum atomic E-state index is 12.7. The van der Waals surface area contributed by atoms with Crippen molar-refractivity contribution in [1.29, 1.82) is 0 Å². The molecule has 3 aromatic rings. The first-order valence-corrected chi connectivity index (χ1v) is 9.52. The molecule has 0 aliphatic heterocycles. The fraction of sp³-hybridized carbons (Fsp3) is 0.238. The van der Waals surface area contributed by atoms with Crippen LogP contribution in [0.4, 0.5) is 0 Å². The van der Waals surface area contributed by atoms with Crippen molar-refractivity contribution in [3.8, 4) is 17.2 Å². The van der Waals surface area contributed by atoms with Gasteiger partial charge in [-0.3, -0.25) is 9.59 Å². The third-order valence-corrected chi connectivity index (χ3v) is 4.96. The minimum absolute atomic E-state index is 0.0798. The summed E-state index contributed by atoms with van der Waals surface area (Å²) in [7, 11) is 0. The van der Waals surface area contributed by atoms with E-state index in [1.807, 2.05) is 32.0 Å². The Labute approximate surface area is 165 Å². The average molecular weight is 431 g/mol. The van der Waals surface area contributed by atoms with Gasteiger partial charge >= 0.3 is 5.97 Å². The standard InChI is InChI=1S/C21H19BrO5/c1-3-13(4-2)21(24)26-14-9-10-15-18(11-14)25-12-19(20(15)23)27-17-8-6-5-7-16(17)22/h5-13H,3-4H2,1-2H3. The summed E-state index contributed by atoms with van der Waals surface area (Å²) in [6.07, 6.45) is 2.69. The number of fused-ring (bicyclic) bond motifs is 1. The molecule has 0 aliphatic rings. The van der Waals surface area contributed by atoms with Crippen LogP contribution in [0.2, 0.25) is 0 Å². The predicted molar refractivity (Wildman–Crippen MR) is 106 cm³/mol. The Kier molecular flexibility index (Phi) is 5.96. The third-order valence-electron chi connectivity index (χ3n) is 4.31. The van der Waals surface area contributed by atoms with E-state index in [1.54, 1.807) is 24.3 Å². The number of rotatable bonds is 6. The highest BCUT2D eigenvalue weighted by molar-refractivity contribution is 9.10. The molecule has 1 aromatic heterocycles. The van der Waals surface area contributed by atoms with Crippen LogP contribution in [0.15, 0.2) is 62.4 Å². The first-order valence-electron chi connectivity index (χ1n) is 8.73. The van der Waals surface area contributed by atoms with E-state index in [9.17, 15) is 9.59 Å². The van der Waals surface area contributed by atoms with Gasteiger partial charge in [-0.1, -0.05) is 26.0 Å². The van der Waals surface area contributed by atoms with Crippen LogP contribution < -0.4 is 14.9 Å². The molecule has 0 saturated heterocycles. The van der Waals surface area contributed by atoms with Gasteiger partial charge in [-0.05, 0) is 53.0 Å². The molecule has 0 spiro atoms. The fourth-order valence-corrected chi connectivity index (χ4v) is 3.06. The summed E-state index contributed by atoms with van der Waals surface area (Å²) >= 11 is 3.38. The predicted octanol–water partition coefficient (Wildman–Crippen LogP) is 5.69. The van der Waals surface area contributed by atoms with Crippen LogP contribution in [-0.4, -0.2) is 5.97 Å². The van der Waals surface area contributed by atoms with Crippen molar-refractivity contribution in [2.45, 2.75) is 26.7 Å². The highest BCUT2D eigenvalue weighted by Gasteiger charge is 2.17. The molecule has 5 nitrogen and oxygen atoms in total. The topological polar surface area (TPSA) is 65.7 Å². The van der Waals surface area contributed by atoms with Crippen molar-refractivity contribution in [3.63, 3.8) is 0 Å². The lowest BCUT2D eigenvalue weighted by molar-refractivity contribution is -0.139. The van der Waals surface area contributed by atoms with Crippen molar-refractivity contribution in [2.24, 2.45) is 5.92 Å². The first-order chi connectivity index (χ1) is 13.0. The molecule has 0 aliphatic carbocycles. The molecule has 27 heavy (non-hydrogen) atoms. The Morgan fingerprint density at radius 3 is 2.56 bits per heavy atom. The third kappa shape index (κ3) is 4.22. The molecule has 3 rings (SSSR count). The van der Waals surface area contributed by atoms with E-state index >= 15 is 0 Å². The van der Waals surface area contributed by atoms with Gasteiger partial charge in [0.15, 0.2) is 0 Å². The minimum atomic E-state index is -0.301. The molecule has 0 unspecified atom stereocenters. The Hall–Kier alpha value is -2.60. The molecule has 0 bridgehead atoms. The molecule has 0 radical (unpaired) electrons. The smallest absolute Gasteiger partial charge is 0.314 e. The van der Waals surface area contributed by atoms with Gasteiger partial charge in [0.05, 0.1) is 15.8 Å². The highest BCUT2D eigenvalue weighted by Crippen LogP contribution is 2.29. The second-order valence-corrected chi connectivity index (χ2v) is 6.91. The maximum absolute atomic E-state index is 12.7. The van der Waals surface area contributed by atoms with E-state index in [0.29, 0.717) is 35.3 Å². The van der Waals surface area contributed by atoms with Gasteiger partial charge in [-0.2, -0.15) is 0 Å². The number of hydrogen-bond acceptors (Lipinski definition) is 5. The van der Waals surface area contributed by atoms with Crippen molar-refractivity contribution < 1.29 is 18.7 Å². The molecular formula is C21H19BrO5. The summed E-state index contributed by atoms with van der Waals surface area (Å²) in [6.45, 7) is 3.89. The van der Waals surface area contributed by atoms with Crippen LogP contribution in [0, 0.1) is 5.92 Å². The number of carbonyl (C=O) groups excluding carboxylic acids is 1. The number of para-hydroxylation sites is 1. The second kappa shape index (κ2) is 8.39. The summed E-state index contributed by atoms with van der Waals surface area (Å²) in [5, 5.41) is 0.349. The van der Waals surface area contributed by atoms with E-state index in [0.717, 1.165) is 4.47 Å². The summed E-state index contributed by atoms with van der Waals surface area (Å²) in [5.41, 5.74) is 0.0270. The number of esters is 1. The molecule has 0 amide bonds. The van der Waals surface area contributed by atoms with E-state index in [-0.39, 0.29) is 23.1 Å². The number of halogens is 1. The molecule has 0 fully saturated rings. The average Bonchev–Trinajstić information content (AvgIpc) is 2.66. The zero-order chi connectivity index (χ0) is 19.4. The molecule has 140 valence electrons. The summed E-state index contributed by atoms with van der Waals surface area (Å²) in [5.74, 6) is 0.515. The van der Waals surface area contributed by atoms with E-state index in [4.69, 9.17) is 13.9 Å². The number of carbonyl (C=O) groups is 1. The maximum Gasteiger partial charge on any atom is 0.314 e. The van der Waals surface area contributed by atoms with Gasteiger partial charge in [0.1, 0.15) is 23.3 Å². The van der Waals surface area contributed by atoms with Crippen LogP contribution in [-0.2, 0) is 4.79 Å². The van der Waals surface area contributed by atoms with Gasteiger partial charge in [-0.15, -0.1) is 0 Å². The molecular weight excluding hydrogens is 412 g/mol. The lowest BCUT2D eigenvalue weighted by Gasteiger charge is -2.12. The molecule has 0 N–H and O–H groups in total. The molecule has 2 aromatic carbocycles. The lowest BCUT2D eigenvalue weighted by Crippen LogP contribution is -2.19. The molecule has 0 saturated carbocycles. The van der Waals surface area contributed by atoms with Gasteiger partial charge < -0.3 is 13.9 Å². The Morgan fingerprint density at radius 2 is 1.85 bits per heavy atom. The lowest BCUT2D eigenvalue weighted by atomic mass is 10.0. The molecule has 0 atom stereocenters. The summed E-state index contributed by atoms with van der Waals surface area (Å²) < 4.78 is 17.3. The van der Waals surface area contributed by atoms with E-state index in [1.165, 1.54) is 6.26 Å². The van der Waals surface area contributed by atoms with Crippen molar-refractivity contribution in [1.82, 2.24) is 0 Å². The molecule has 1 heterocycles. The van der Waals surface area contributed by atoms with E-state index in [2.05, 4.69) is 15.9 Å². The van der Waals surface area contributed by atoms with Gasteiger partial charge in [-0.25, -0.2) is 0 Å². The largest absolute Gasteiger partial charge is 0.460 e. The fourth-order valence-electron chi connectivity index (χ4n) is 2.69. The monoisotopic (exact) mass is 430 g/mol. The van der Waals surface area contributed by atoms with Gasteiger partial charge in [0.2, 0.25) is 11.2 Å². The Balaban J connectivity index is 1.88.